The van der Waals surface area contributed by atoms with Crippen molar-refractivity contribution in [3.63, 3.8) is 0 Å². The molecule has 0 aromatic heterocycles. The van der Waals surface area contributed by atoms with E-state index in [0.717, 1.165) is 32.4 Å². The Bertz CT molecular complexity index is 785. The second-order valence-electron chi connectivity index (χ2n) is 8.13. The summed E-state index contributed by atoms with van der Waals surface area (Å²) in [5.41, 5.74) is 0.225. The van der Waals surface area contributed by atoms with E-state index in [0.29, 0.717) is 38.8 Å². The van der Waals surface area contributed by atoms with Crippen molar-refractivity contribution in [2.75, 3.05) is 45.9 Å². The fraction of sp³-hybridized carbons (Fsp3) is 0.667. The van der Waals surface area contributed by atoms with Crippen molar-refractivity contribution in [3.05, 3.63) is 29.8 Å². The number of nitrogens with one attached hydrogen (secondary N) is 1. The maximum absolute atomic E-state index is 13.1. The lowest BCUT2D eigenvalue weighted by Gasteiger charge is -2.37. The third-order valence-corrected chi connectivity index (χ3v) is 7.78. The van der Waals surface area contributed by atoms with Crippen LogP contribution in [-0.4, -0.2) is 75.5 Å². The summed E-state index contributed by atoms with van der Waals surface area (Å²) < 4.78 is 33.2. The van der Waals surface area contributed by atoms with Gasteiger partial charge in [0.05, 0.1) is 23.7 Å². The monoisotopic (exact) mass is 423 g/mol. The van der Waals surface area contributed by atoms with Gasteiger partial charge in [0.25, 0.3) is 5.91 Å². The summed E-state index contributed by atoms with van der Waals surface area (Å²) in [5, 5.41) is 2.99. The van der Waals surface area contributed by atoms with E-state index < -0.39 is 10.0 Å². The average Bonchev–Trinajstić information content (AvgIpc) is 2.75. The Hall–Kier alpha value is -1.48. The molecule has 2 saturated heterocycles. The summed E-state index contributed by atoms with van der Waals surface area (Å²) in [6.07, 6.45) is 2.78. The summed E-state index contributed by atoms with van der Waals surface area (Å²) in [6, 6.07) is 6.73. The van der Waals surface area contributed by atoms with Gasteiger partial charge in [0.2, 0.25) is 10.0 Å². The van der Waals surface area contributed by atoms with E-state index in [9.17, 15) is 13.2 Å². The van der Waals surface area contributed by atoms with Gasteiger partial charge in [0.1, 0.15) is 0 Å². The second kappa shape index (κ2) is 10.0. The molecule has 1 aromatic carbocycles. The van der Waals surface area contributed by atoms with Crippen LogP contribution < -0.4 is 5.32 Å². The number of morpholine rings is 1. The first-order valence-corrected chi connectivity index (χ1v) is 12.0. The number of piperidine rings is 1. The van der Waals surface area contributed by atoms with Gasteiger partial charge in [0, 0.05) is 38.8 Å². The van der Waals surface area contributed by atoms with Crippen LogP contribution >= 0.6 is 0 Å². The Balaban J connectivity index is 1.74. The van der Waals surface area contributed by atoms with Crippen molar-refractivity contribution < 1.29 is 17.9 Å². The molecule has 1 aromatic rings. The Kier molecular flexibility index (Phi) is 7.67. The summed E-state index contributed by atoms with van der Waals surface area (Å²) >= 11 is 0. The van der Waals surface area contributed by atoms with Crippen LogP contribution in [0.5, 0.6) is 0 Å². The van der Waals surface area contributed by atoms with E-state index in [1.165, 1.54) is 4.31 Å². The van der Waals surface area contributed by atoms with E-state index in [1.54, 1.807) is 24.3 Å². The smallest absolute Gasteiger partial charge is 0.252 e. The van der Waals surface area contributed by atoms with Gasteiger partial charge in [0.15, 0.2) is 0 Å². The van der Waals surface area contributed by atoms with E-state index in [-0.39, 0.29) is 22.4 Å². The predicted octanol–water partition coefficient (Wildman–Crippen LogP) is 1.95. The molecule has 2 fully saturated rings. The molecule has 29 heavy (non-hydrogen) atoms. The lowest BCUT2D eigenvalue weighted by molar-refractivity contribution is 0.00672. The van der Waals surface area contributed by atoms with E-state index in [4.69, 9.17) is 4.74 Å². The Morgan fingerprint density at radius 3 is 2.38 bits per heavy atom. The molecule has 1 N–H and O–H groups in total. The van der Waals surface area contributed by atoms with Gasteiger partial charge in [-0.25, -0.2) is 8.42 Å². The number of nitrogens with zero attached hydrogens (tertiary/aromatic N) is 2. The first-order chi connectivity index (χ1) is 13.9. The highest BCUT2D eigenvalue weighted by molar-refractivity contribution is 7.89. The fourth-order valence-electron chi connectivity index (χ4n) is 4.11. The maximum atomic E-state index is 13.1. The lowest BCUT2D eigenvalue weighted by Crippen LogP contribution is -2.51. The van der Waals surface area contributed by atoms with E-state index >= 15 is 0 Å². The SMILES string of the molecule is CC(C)C(CNC(=O)c1ccccc1S(=O)(=O)N1CCCCC1)N1CCOCC1. The van der Waals surface area contributed by atoms with Crippen LogP contribution in [0.3, 0.4) is 0 Å². The summed E-state index contributed by atoms with van der Waals surface area (Å²) in [4.78, 5) is 15.4. The minimum atomic E-state index is -3.67. The number of hydrogen-bond donors (Lipinski definition) is 1. The molecular formula is C21H33N3O4S. The van der Waals surface area contributed by atoms with Crippen molar-refractivity contribution in [1.82, 2.24) is 14.5 Å². The average molecular weight is 424 g/mol. The van der Waals surface area contributed by atoms with Crippen LogP contribution in [0.25, 0.3) is 0 Å². The molecule has 8 heteroatoms. The molecule has 2 aliphatic heterocycles. The van der Waals surface area contributed by atoms with Gasteiger partial charge in [-0.1, -0.05) is 32.4 Å². The number of sulfonamides is 1. The Morgan fingerprint density at radius 2 is 1.72 bits per heavy atom. The van der Waals surface area contributed by atoms with E-state index in [2.05, 4.69) is 24.1 Å². The molecule has 0 radical (unpaired) electrons. The molecule has 1 amide bonds. The molecular weight excluding hydrogens is 390 g/mol. The van der Waals surface area contributed by atoms with Gasteiger partial charge >= 0.3 is 0 Å². The van der Waals surface area contributed by atoms with Crippen molar-refractivity contribution in [1.29, 1.82) is 0 Å². The Morgan fingerprint density at radius 1 is 1.07 bits per heavy atom. The number of carbonyl (C=O) groups is 1. The first-order valence-electron chi connectivity index (χ1n) is 10.6. The van der Waals surface area contributed by atoms with Crippen LogP contribution in [0.2, 0.25) is 0 Å². The van der Waals surface area contributed by atoms with Crippen LogP contribution in [0.15, 0.2) is 29.2 Å². The van der Waals surface area contributed by atoms with Gasteiger partial charge in [-0.15, -0.1) is 0 Å². The first kappa shape index (κ1) is 22.2. The van der Waals surface area contributed by atoms with Crippen molar-refractivity contribution in [2.45, 2.75) is 44.0 Å². The fourth-order valence-corrected chi connectivity index (χ4v) is 5.82. The normalized spacial score (nSPS) is 20.5. The second-order valence-corrected chi connectivity index (χ2v) is 10.0. The van der Waals surface area contributed by atoms with Crippen LogP contribution in [0.4, 0.5) is 0 Å². The number of rotatable bonds is 7. The lowest BCUT2D eigenvalue weighted by atomic mass is 10.0. The van der Waals surface area contributed by atoms with Crippen LogP contribution in [0.1, 0.15) is 43.5 Å². The van der Waals surface area contributed by atoms with Crippen LogP contribution in [0, 0.1) is 5.92 Å². The molecule has 0 saturated carbocycles. The third-order valence-electron chi connectivity index (χ3n) is 5.82. The molecule has 0 bridgehead atoms. The zero-order valence-corrected chi connectivity index (χ0v) is 18.3. The molecule has 2 aliphatic rings. The Labute approximate surface area is 174 Å². The molecule has 2 heterocycles. The molecule has 0 spiro atoms. The topological polar surface area (TPSA) is 79.0 Å². The molecule has 0 aliphatic carbocycles. The van der Waals surface area contributed by atoms with Crippen molar-refractivity contribution in [2.24, 2.45) is 5.92 Å². The molecule has 162 valence electrons. The highest BCUT2D eigenvalue weighted by Crippen LogP contribution is 2.23. The largest absolute Gasteiger partial charge is 0.379 e. The van der Waals surface area contributed by atoms with E-state index in [1.807, 2.05) is 0 Å². The minimum absolute atomic E-state index is 0.104. The molecule has 1 unspecified atom stereocenters. The molecule has 7 nitrogen and oxygen atoms in total. The highest BCUT2D eigenvalue weighted by Gasteiger charge is 2.30. The van der Waals surface area contributed by atoms with Gasteiger partial charge in [-0.3, -0.25) is 9.69 Å². The minimum Gasteiger partial charge on any atom is -0.379 e. The zero-order chi connectivity index (χ0) is 20.9. The van der Waals surface area contributed by atoms with Gasteiger partial charge < -0.3 is 10.1 Å². The zero-order valence-electron chi connectivity index (χ0n) is 17.5. The quantitative estimate of drug-likeness (QED) is 0.725. The third kappa shape index (κ3) is 5.36. The standard InChI is InChI=1S/C21H33N3O4S/c1-17(2)19(23-12-14-28-15-13-23)16-22-21(25)18-8-4-5-9-20(18)29(26,27)24-10-6-3-7-11-24/h4-5,8-9,17,19H,3,6-7,10-16H2,1-2H3,(H,22,25). The molecule has 1 atom stereocenters. The van der Waals surface area contributed by atoms with Gasteiger partial charge in [-0.05, 0) is 30.9 Å². The molecule has 3 rings (SSSR count). The number of carbonyl (C=O) groups excluding carboxylic acids is 1. The maximum Gasteiger partial charge on any atom is 0.252 e. The van der Waals surface area contributed by atoms with Gasteiger partial charge in [-0.2, -0.15) is 4.31 Å². The summed E-state index contributed by atoms with van der Waals surface area (Å²) in [6.45, 7) is 8.89. The summed E-state index contributed by atoms with van der Waals surface area (Å²) in [7, 11) is -3.67. The summed E-state index contributed by atoms with van der Waals surface area (Å²) in [5.74, 6) is 0.0285. The number of ether oxygens (including phenoxy) is 1. The number of hydrogen-bond acceptors (Lipinski definition) is 5. The predicted molar refractivity (Wildman–Crippen MR) is 112 cm³/mol. The highest BCUT2D eigenvalue weighted by atomic mass is 32.2. The van der Waals surface area contributed by atoms with Crippen molar-refractivity contribution in [3.8, 4) is 0 Å². The van der Waals surface area contributed by atoms with Crippen LogP contribution in [-0.2, 0) is 14.8 Å². The number of benzene rings is 1. The number of amides is 1. The van der Waals surface area contributed by atoms with Crippen molar-refractivity contribution >= 4 is 15.9 Å².